The third-order valence-corrected chi connectivity index (χ3v) is 8.62. The topological polar surface area (TPSA) is 113 Å². The van der Waals surface area contributed by atoms with Crippen LogP contribution in [0.15, 0.2) is 58.3 Å². The summed E-state index contributed by atoms with van der Waals surface area (Å²) in [6.45, 7) is 4.28. The molecule has 1 amide bonds. The number of sulfonamides is 2. The molecule has 0 unspecified atom stereocenters. The zero-order chi connectivity index (χ0) is 23.9. The van der Waals surface area contributed by atoms with Crippen LogP contribution in [0.5, 0.6) is 5.75 Å². The number of amides is 1. The molecule has 0 atom stereocenters. The van der Waals surface area contributed by atoms with E-state index in [1.54, 1.807) is 26.0 Å². The van der Waals surface area contributed by atoms with E-state index in [1.807, 2.05) is 0 Å². The number of benzene rings is 2. The first-order chi connectivity index (χ1) is 15.0. The van der Waals surface area contributed by atoms with Gasteiger partial charge in [-0.1, -0.05) is 26.0 Å². The first-order valence-corrected chi connectivity index (χ1v) is 12.9. The van der Waals surface area contributed by atoms with Crippen molar-refractivity contribution in [2.45, 2.75) is 30.2 Å². The molecule has 2 aromatic rings. The van der Waals surface area contributed by atoms with E-state index in [0.29, 0.717) is 18.8 Å². The van der Waals surface area contributed by atoms with Gasteiger partial charge in [0.15, 0.2) is 6.61 Å². The van der Waals surface area contributed by atoms with Crippen molar-refractivity contribution in [2.75, 3.05) is 33.8 Å². The van der Waals surface area contributed by atoms with Crippen LogP contribution in [0.4, 0.5) is 0 Å². The van der Waals surface area contributed by atoms with Crippen LogP contribution < -0.4 is 10.1 Å². The van der Waals surface area contributed by atoms with Crippen LogP contribution in [-0.2, 0) is 31.4 Å². The summed E-state index contributed by atoms with van der Waals surface area (Å²) in [5.41, 5.74) is 0.738. The van der Waals surface area contributed by atoms with Crippen molar-refractivity contribution in [1.82, 2.24) is 13.9 Å². The highest BCUT2D eigenvalue weighted by atomic mass is 32.2. The predicted octanol–water partition coefficient (Wildman–Crippen LogP) is 1.66. The fourth-order valence-corrected chi connectivity index (χ4v) is 5.17. The Morgan fingerprint density at radius 3 is 1.84 bits per heavy atom. The fraction of sp³-hybridized carbons (Fsp3) is 0.381. The molecule has 11 heteroatoms. The van der Waals surface area contributed by atoms with Gasteiger partial charge in [0.1, 0.15) is 5.75 Å². The summed E-state index contributed by atoms with van der Waals surface area (Å²) in [6, 6.07) is 12.1. The Balaban J connectivity index is 1.88. The molecule has 0 heterocycles. The summed E-state index contributed by atoms with van der Waals surface area (Å²) in [6.07, 6.45) is 0. The Bertz CT molecular complexity index is 1110. The van der Waals surface area contributed by atoms with Crippen LogP contribution in [-0.4, -0.2) is 65.1 Å². The van der Waals surface area contributed by atoms with Crippen molar-refractivity contribution in [3.05, 3.63) is 54.1 Å². The highest BCUT2D eigenvalue weighted by Crippen LogP contribution is 2.19. The smallest absolute Gasteiger partial charge is 0.258 e. The standard InChI is InChI=1S/C21H29N3O6S2/c1-5-24(6-2)32(28,29)20-13-9-18(10-14-20)30-16-21(25)22-15-17-7-11-19(12-8-17)31(26,27)23(3)4/h7-14H,5-6,15-16H2,1-4H3,(H,22,25). The number of carbonyl (C=O) groups excluding carboxylic acids is 1. The van der Waals surface area contributed by atoms with E-state index in [9.17, 15) is 21.6 Å². The summed E-state index contributed by atoms with van der Waals surface area (Å²) >= 11 is 0. The van der Waals surface area contributed by atoms with Crippen LogP contribution in [0, 0.1) is 0 Å². The van der Waals surface area contributed by atoms with Gasteiger partial charge in [-0.15, -0.1) is 0 Å². The molecule has 32 heavy (non-hydrogen) atoms. The second-order valence-electron chi connectivity index (χ2n) is 7.06. The lowest BCUT2D eigenvalue weighted by Crippen LogP contribution is -2.30. The minimum atomic E-state index is -3.55. The number of nitrogens with zero attached hydrogens (tertiary/aromatic N) is 2. The van der Waals surface area contributed by atoms with Crippen LogP contribution in [0.2, 0.25) is 0 Å². The molecule has 0 aromatic heterocycles. The van der Waals surface area contributed by atoms with Gasteiger partial charge in [0.05, 0.1) is 9.79 Å². The predicted molar refractivity (Wildman–Crippen MR) is 121 cm³/mol. The number of nitrogens with one attached hydrogen (secondary N) is 1. The van der Waals surface area contributed by atoms with E-state index in [1.165, 1.54) is 54.8 Å². The summed E-state index contributed by atoms with van der Waals surface area (Å²) in [7, 11) is -4.13. The maximum absolute atomic E-state index is 12.5. The molecule has 0 spiro atoms. The Morgan fingerprint density at radius 2 is 1.34 bits per heavy atom. The van der Waals surface area contributed by atoms with Gasteiger partial charge in [0, 0.05) is 33.7 Å². The van der Waals surface area contributed by atoms with E-state index in [2.05, 4.69) is 5.32 Å². The van der Waals surface area contributed by atoms with Gasteiger partial charge in [0.2, 0.25) is 20.0 Å². The van der Waals surface area contributed by atoms with Crippen LogP contribution in [0.3, 0.4) is 0 Å². The van der Waals surface area contributed by atoms with Crippen molar-refractivity contribution in [2.24, 2.45) is 0 Å². The first-order valence-electron chi connectivity index (χ1n) is 10.0. The quantitative estimate of drug-likeness (QED) is 0.520. The zero-order valence-corrected chi connectivity index (χ0v) is 20.2. The van der Waals surface area contributed by atoms with Gasteiger partial charge in [0.25, 0.3) is 5.91 Å². The highest BCUT2D eigenvalue weighted by molar-refractivity contribution is 7.89. The van der Waals surface area contributed by atoms with Crippen LogP contribution >= 0.6 is 0 Å². The number of hydrogen-bond donors (Lipinski definition) is 1. The third-order valence-electron chi connectivity index (χ3n) is 4.73. The van der Waals surface area contributed by atoms with E-state index >= 15 is 0 Å². The molecule has 0 aliphatic rings. The molecule has 2 rings (SSSR count). The number of ether oxygens (including phenoxy) is 1. The van der Waals surface area contributed by atoms with Crippen LogP contribution in [0.25, 0.3) is 0 Å². The second-order valence-corrected chi connectivity index (χ2v) is 11.1. The summed E-state index contributed by atoms with van der Waals surface area (Å²) in [4.78, 5) is 12.4. The lowest BCUT2D eigenvalue weighted by atomic mass is 10.2. The molecule has 1 N–H and O–H groups in total. The van der Waals surface area contributed by atoms with Gasteiger partial charge < -0.3 is 10.1 Å². The molecule has 9 nitrogen and oxygen atoms in total. The van der Waals surface area contributed by atoms with Gasteiger partial charge in [-0.25, -0.2) is 21.1 Å². The largest absolute Gasteiger partial charge is 0.484 e. The molecule has 0 bridgehead atoms. The summed E-state index contributed by atoms with van der Waals surface area (Å²) in [5, 5.41) is 2.69. The molecule has 0 saturated heterocycles. The molecular formula is C21H29N3O6S2. The molecule has 0 aliphatic heterocycles. The second kappa shape index (κ2) is 10.9. The van der Waals surface area contributed by atoms with Gasteiger partial charge >= 0.3 is 0 Å². The third kappa shape index (κ3) is 6.28. The van der Waals surface area contributed by atoms with Gasteiger partial charge in [-0.05, 0) is 42.0 Å². The van der Waals surface area contributed by atoms with Crippen LogP contribution in [0.1, 0.15) is 19.4 Å². The maximum atomic E-state index is 12.5. The molecule has 0 fully saturated rings. The maximum Gasteiger partial charge on any atom is 0.258 e. The molecule has 2 aromatic carbocycles. The Labute approximate surface area is 190 Å². The first kappa shape index (κ1) is 25.8. The van der Waals surface area contributed by atoms with E-state index < -0.39 is 20.0 Å². The van der Waals surface area contributed by atoms with E-state index in [0.717, 1.165) is 9.87 Å². The van der Waals surface area contributed by atoms with Crippen molar-refractivity contribution >= 4 is 26.0 Å². The molecule has 0 radical (unpaired) electrons. The lowest BCUT2D eigenvalue weighted by Gasteiger charge is -2.18. The Kier molecular flexibility index (Phi) is 8.79. The number of rotatable bonds is 11. The van der Waals surface area contributed by atoms with E-state index in [4.69, 9.17) is 4.74 Å². The molecule has 0 saturated carbocycles. The highest BCUT2D eigenvalue weighted by Gasteiger charge is 2.21. The van der Waals surface area contributed by atoms with Crippen molar-refractivity contribution in [1.29, 1.82) is 0 Å². The van der Waals surface area contributed by atoms with Gasteiger partial charge in [-0.3, -0.25) is 4.79 Å². The summed E-state index contributed by atoms with van der Waals surface area (Å²) < 4.78 is 57.0. The Morgan fingerprint density at radius 1 is 0.844 bits per heavy atom. The zero-order valence-electron chi connectivity index (χ0n) is 18.6. The average molecular weight is 484 g/mol. The minimum Gasteiger partial charge on any atom is -0.484 e. The SMILES string of the molecule is CCN(CC)S(=O)(=O)c1ccc(OCC(=O)NCc2ccc(S(=O)(=O)N(C)C)cc2)cc1. The molecule has 0 aliphatic carbocycles. The molecular weight excluding hydrogens is 454 g/mol. The monoisotopic (exact) mass is 483 g/mol. The number of hydrogen-bond acceptors (Lipinski definition) is 6. The molecule has 176 valence electrons. The van der Waals surface area contributed by atoms with E-state index in [-0.39, 0.29) is 28.8 Å². The van der Waals surface area contributed by atoms with Crippen molar-refractivity contribution in [3.63, 3.8) is 0 Å². The minimum absolute atomic E-state index is 0.165. The summed E-state index contributed by atoms with van der Waals surface area (Å²) in [5.74, 6) is 0.00622. The average Bonchev–Trinajstić information content (AvgIpc) is 2.77. The normalized spacial score (nSPS) is 12.2. The lowest BCUT2D eigenvalue weighted by molar-refractivity contribution is -0.123. The van der Waals surface area contributed by atoms with Crippen molar-refractivity contribution < 1.29 is 26.4 Å². The number of carbonyl (C=O) groups is 1. The fourth-order valence-electron chi connectivity index (χ4n) is 2.81. The van der Waals surface area contributed by atoms with Crippen molar-refractivity contribution in [3.8, 4) is 5.75 Å². The van der Waals surface area contributed by atoms with Gasteiger partial charge in [-0.2, -0.15) is 4.31 Å². The Hall–Kier alpha value is -2.47.